The minimum atomic E-state index is 0.731. The molecule has 0 atom stereocenters. The molecule has 0 aliphatic rings. The first kappa shape index (κ1) is 14.2. The molecule has 17 heavy (non-hydrogen) atoms. The zero-order valence-corrected chi connectivity index (χ0v) is 10.8. The van der Waals surface area contributed by atoms with Crippen molar-refractivity contribution in [1.29, 1.82) is 0 Å². The SMILES string of the molecule is CCOCCCn1ccc(CNCCOC)n1. The lowest BCUT2D eigenvalue weighted by molar-refractivity contribution is 0.140. The number of hydrogen-bond donors (Lipinski definition) is 1. The zero-order valence-electron chi connectivity index (χ0n) is 10.8. The molecule has 1 N–H and O–H groups in total. The molecule has 0 saturated heterocycles. The van der Waals surface area contributed by atoms with Gasteiger partial charge in [0.25, 0.3) is 0 Å². The summed E-state index contributed by atoms with van der Waals surface area (Å²) in [5, 5.41) is 7.73. The molecule has 0 saturated carbocycles. The Morgan fingerprint density at radius 2 is 2.29 bits per heavy atom. The first-order chi connectivity index (χ1) is 8.36. The first-order valence-electron chi connectivity index (χ1n) is 6.16. The second-order valence-corrected chi connectivity index (χ2v) is 3.79. The molecular weight excluding hydrogens is 218 g/mol. The monoisotopic (exact) mass is 241 g/mol. The fraction of sp³-hybridized carbons (Fsp3) is 0.750. The van der Waals surface area contributed by atoms with E-state index in [4.69, 9.17) is 9.47 Å². The predicted octanol–water partition coefficient (Wildman–Crippen LogP) is 1.05. The molecule has 1 heterocycles. The zero-order chi connectivity index (χ0) is 12.3. The van der Waals surface area contributed by atoms with Crippen molar-refractivity contribution in [1.82, 2.24) is 15.1 Å². The normalized spacial score (nSPS) is 10.9. The van der Waals surface area contributed by atoms with E-state index < -0.39 is 0 Å². The van der Waals surface area contributed by atoms with Crippen molar-refractivity contribution in [3.63, 3.8) is 0 Å². The van der Waals surface area contributed by atoms with Crippen LogP contribution in [-0.2, 0) is 22.6 Å². The molecule has 0 unspecified atom stereocenters. The minimum Gasteiger partial charge on any atom is -0.383 e. The minimum absolute atomic E-state index is 0.731. The van der Waals surface area contributed by atoms with Gasteiger partial charge in [0.05, 0.1) is 12.3 Å². The summed E-state index contributed by atoms with van der Waals surface area (Å²) in [4.78, 5) is 0. The molecule has 98 valence electrons. The summed E-state index contributed by atoms with van der Waals surface area (Å²) < 4.78 is 12.2. The molecule has 5 nitrogen and oxygen atoms in total. The molecule has 0 bridgehead atoms. The maximum Gasteiger partial charge on any atom is 0.0762 e. The highest BCUT2D eigenvalue weighted by Crippen LogP contribution is 1.97. The van der Waals surface area contributed by atoms with Crippen molar-refractivity contribution in [2.75, 3.05) is 33.5 Å². The molecule has 0 amide bonds. The van der Waals surface area contributed by atoms with E-state index in [1.165, 1.54) is 0 Å². The average molecular weight is 241 g/mol. The Morgan fingerprint density at radius 1 is 1.41 bits per heavy atom. The summed E-state index contributed by atoms with van der Waals surface area (Å²) in [5.41, 5.74) is 1.07. The van der Waals surface area contributed by atoms with E-state index in [9.17, 15) is 0 Å². The number of ether oxygens (including phenoxy) is 2. The van der Waals surface area contributed by atoms with E-state index in [1.54, 1.807) is 7.11 Å². The maximum atomic E-state index is 5.29. The van der Waals surface area contributed by atoms with E-state index >= 15 is 0 Å². The van der Waals surface area contributed by atoms with Gasteiger partial charge in [-0.25, -0.2) is 0 Å². The molecule has 0 radical (unpaired) electrons. The molecule has 0 aromatic carbocycles. The van der Waals surface area contributed by atoms with Gasteiger partial charge in [0.1, 0.15) is 0 Å². The largest absolute Gasteiger partial charge is 0.383 e. The highest BCUT2D eigenvalue weighted by molar-refractivity contribution is 4.98. The summed E-state index contributed by atoms with van der Waals surface area (Å²) in [6.45, 7) is 6.89. The molecule has 0 fully saturated rings. The van der Waals surface area contributed by atoms with Gasteiger partial charge in [-0.1, -0.05) is 0 Å². The summed E-state index contributed by atoms with van der Waals surface area (Å²) in [7, 11) is 1.70. The predicted molar refractivity (Wildman–Crippen MR) is 66.9 cm³/mol. The third-order valence-corrected chi connectivity index (χ3v) is 2.36. The van der Waals surface area contributed by atoms with Crippen LogP contribution < -0.4 is 5.32 Å². The Labute approximate surface area is 103 Å². The van der Waals surface area contributed by atoms with Gasteiger partial charge in [-0.15, -0.1) is 0 Å². The highest BCUT2D eigenvalue weighted by Gasteiger charge is 1.98. The number of hydrogen-bond acceptors (Lipinski definition) is 4. The van der Waals surface area contributed by atoms with E-state index in [0.717, 1.165) is 51.6 Å². The van der Waals surface area contributed by atoms with Crippen LogP contribution in [0, 0.1) is 0 Å². The van der Waals surface area contributed by atoms with Crippen LogP contribution in [0.1, 0.15) is 19.0 Å². The Bertz CT molecular complexity index is 263. The summed E-state index contributed by atoms with van der Waals surface area (Å²) in [6.07, 6.45) is 3.02. The van der Waals surface area contributed by atoms with Crippen LogP contribution in [0.2, 0.25) is 0 Å². The number of rotatable bonds is 10. The Balaban J connectivity index is 2.14. The number of nitrogens with one attached hydrogen (secondary N) is 1. The van der Waals surface area contributed by atoms with Gasteiger partial charge in [0, 0.05) is 46.2 Å². The maximum absolute atomic E-state index is 5.29. The summed E-state index contributed by atoms with van der Waals surface area (Å²) in [6, 6.07) is 2.04. The van der Waals surface area contributed by atoms with Crippen molar-refractivity contribution in [3.05, 3.63) is 18.0 Å². The van der Waals surface area contributed by atoms with Crippen LogP contribution in [0.25, 0.3) is 0 Å². The number of aryl methyl sites for hydroxylation is 1. The number of aromatic nitrogens is 2. The Morgan fingerprint density at radius 3 is 3.06 bits per heavy atom. The Hall–Kier alpha value is -0.910. The van der Waals surface area contributed by atoms with Crippen LogP contribution in [-0.4, -0.2) is 43.3 Å². The third kappa shape index (κ3) is 6.41. The number of nitrogens with zero attached hydrogens (tertiary/aromatic N) is 2. The van der Waals surface area contributed by atoms with Crippen LogP contribution in [0.15, 0.2) is 12.3 Å². The van der Waals surface area contributed by atoms with Gasteiger partial charge in [-0.3, -0.25) is 4.68 Å². The highest BCUT2D eigenvalue weighted by atomic mass is 16.5. The van der Waals surface area contributed by atoms with Gasteiger partial charge in [-0.2, -0.15) is 5.10 Å². The first-order valence-corrected chi connectivity index (χ1v) is 6.16. The standard InChI is InChI=1S/C12H23N3O2/c1-3-17-9-4-7-15-8-5-12(14-15)11-13-6-10-16-2/h5,8,13H,3-4,6-7,9-11H2,1-2H3. The molecule has 0 aliphatic heterocycles. The molecular formula is C12H23N3O2. The van der Waals surface area contributed by atoms with Crippen molar-refractivity contribution < 1.29 is 9.47 Å². The molecule has 5 heteroatoms. The van der Waals surface area contributed by atoms with Crippen molar-refractivity contribution in [2.24, 2.45) is 0 Å². The second kappa shape index (κ2) is 9.15. The molecule has 1 rings (SSSR count). The van der Waals surface area contributed by atoms with Crippen molar-refractivity contribution in [3.8, 4) is 0 Å². The number of methoxy groups -OCH3 is 1. The van der Waals surface area contributed by atoms with E-state index in [0.29, 0.717) is 0 Å². The lowest BCUT2D eigenvalue weighted by Crippen LogP contribution is -2.19. The van der Waals surface area contributed by atoms with Gasteiger partial charge in [0.2, 0.25) is 0 Å². The van der Waals surface area contributed by atoms with E-state index in [-0.39, 0.29) is 0 Å². The summed E-state index contributed by atoms with van der Waals surface area (Å²) >= 11 is 0. The van der Waals surface area contributed by atoms with Gasteiger partial charge < -0.3 is 14.8 Å². The van der Waals surface area contributed by atoms with Gasteiger partial charge >= 0.3 is 0 Å². The van der Waals surface area contributed by atoms with Crippen LogP contribution in [0.3, 0.4) is 0 Å². The van der Waals surface area contributed by atoms with Crippen LogP contribution in [0.4, 0.5) is 0 Å². The van der Waals surface area contributed by atoms with Gasteiger partial charge in [0.15, 0.2) is 0 Å². The quantitative estimate of drug-likeness (QED) is 0.622. The molecule has 1 aromatic rings. The fourth-order valence-corrected chi connectivity index (χ4v) is 1.49. The van der Waals surface area contributed by atoms with Crippen molar-refractivity contribution in [2.45, 2.75) is 26.4 Å². The van der Waals surface area contributed by atoms with Crippen LogP contribution in [0.5, 0.6) is 0 Å². The fourth-order valence-electron chi connectivity index (χ4n) is 1.49. The average Bonchev–Trinajstić information content (AvgIpc) is 2.78. The molecule has 1 aromatic heterocycles. The molecule has 0 spiro atoms. The lowest BCUT2D eigenvalue weighted by Gasteiger charge is -2.02. The summed E-state index contributed by atoms with van der Waals surface area (Å²) in [5.74, 6) is 0. The second-order valence-electron chi connectivity index (χ2n) is 3.79. The van der Waals surface area contributed by atoms with E-state index in [2.05, 4.69) is 10.4 Å². The van der Waals surface area contributed by atoms with E-state index in [1.807, 2.05) is 23.9 Å². The topological polar surface area (TPSA) is 48.3 Å². The smallest absolute Gasteiger partial charge is 0.0762 e. The van der Waals surface area contributed by atoms with Gasteiger partial charge in [-0.05, 0) is 19.4 Å². The molecule has 0 aliphatic carbocycles. The lowest BCUT2D eigenvalue weighted by atomic mass is 10.4. The third-order valence-electron chi connectivity index (χ3n) is 2.36. The Kier molecular flexibility index (Phi) is 7.62. The van der Waals surface area contributed by atoms with Crippen molar-refractivity contribution >= 4 is 0 Å². The van der Waals surface area contributed by atoms with Crippen LogP contribution >= 0.6 is 0 Å².